The van der Waals surface area contributed by atoms with Crippen LogP contribution in [0.4, 0.5) is 5.69 Å². The standard InChI is InChI=1S/C25H17ClN2O4S/c26-19-8-10-20(11-9-19)28-24(32)21(23(31)27-25(28)33)13-15-4-6-17(7-5-15)18-3-1-2-16(12-18)14-22(29)30/h1-13H,14H2,(H,29,30)(H,27,31,33). The van der Waals surface area contributed by atoms with Gasteiger partial charge in [-0.25, -0.2) is 0 Å². The predicted octanol–water partition coefficient (Wildman–Crippen LogP) is 4.47. The summed E-state index contributed by atoms with van der Waals surface area (Å²) in [7, 11) is 0. The van der Waals surface area contributed by atoms with Gasteiger partial charge in [0.1, 0.15) is 5.57 Å². The first-order valence-electron chi connectivity index (χ1n) is 9.90. The Morgan fingerprint density at radius 1 is 1.00 bits per heavy atom. The average Bonchev–Trinajstić information content (AvgIpc) is 2.78. The zero-order chi connectivity index (χ0) is 23.5. The summed E-state index contributed by atoms with van der Waals surface area (Å²) in [6.45, 7) is 0. The zero-order valence-electron chi connectivity index (χ0n) is 17.1. The minimum Gasteiger partial charge on any atom is -0.481 e. The van der Waals surface area contributed by atoms with E-state index in [1.807, 2.05) is 30.3 Å². The molecule has 0 saturated carbocycles. The molecule has 0 spiro atoms. The maximum atomic E-state index is 13.1. The second-order valence-corrected chi connectivity index (χ2v) is 8.15. The van der Waals surface area contributed by atoms with Crippen molar-refractivity contribution in [2.24, 2.45) is 0 Å². The first-order chi connectivity index (χ1) is 15.8. The number of nitrogens with zero attached hydrogens (tertiary/aromatic N) is 1. The molecule has 0 radical (unpaired) electrons. The Balaban J connectivity index is 1.61. The molecule has 0 aromatic heterocycles. The fourth-order valence-corrected chi connectivity index (χ4v) is 3.86. The molecule has 2 N–H and O–H groups in total. The van der Waals surface area contributed by atoms with Crippen molar-refractivity contribution < 1.29 is 19.5 Å². The second-order valence-electron chi connectivity index (χ2n) is 7.33. The summed E-state index contributed by atoms with van der Waals surface area (Å²) in [4.78, 5) is 37.8. The lowest BCUT2D eigenvalue weighted by Crippen LogP contribution is -2.54. The molecule has 0 atom stereocenters. The SMILES string of the molecule is O=C(O)Cc1cccc(-c2ccc(C=C3C(=O)NC(=S)N(c4ccc(Cl)cc4)C3=O)cc2)c1. The third-order valence-electron chi connectivity index (χ3n) is 5.02. The Hall–Kier alpha value is -3.81. The van der Waals surface area contributed by atoms with E-state index >= 15 is 0 Å². The summed E-state index contributed by atoms with van der Waals surface area (Å²) in [5.41, 5.74) is 3.56. The summed E-state index contributed by atoms with van der Waals surface area (Å²) < 4.78 is 0. The van der Waals surface area contributed by atoms with E-state index in [2.05, 4.69) is 5.32 Å². The van der Waals surface area contributed by atoms with Crippen LogP contribution >= 0.6 is 23.8 Å². The quantitative estimate of drug-likeness (QED) is 0.322. The topological polar surface area (TPSA) is 86.7 Å². The van der Waals surface area contributed by atoms with Gasteiger partial charge < -0.3 is 5.11 Å². The summed E-state index contributed by atoms with van der Waals surface area (Å²) in [6.07, 6.45) is 1.45. The number of hydrogen-bond acceptors (Lipinski definition) is 4. The Morgan fingerprint density at radius 3 is 2.36 bits per heavy atom. The van der Waals surface area contributed by atoms with Crippen molar-refractivity contribution in [3.05, 3.63) is 94.5 Å². The number of halogens is 1. The Labute approximate surface area is 200 Å². The summed E-state index contributed by atoms with van der Waals surface area (Å²) >= 11 is 11.1. The Kier molecular flexibility index (Phi) is 6.35. The first-order valence-corrected chi connectivity index (χ1v) is 10.7. The van der Waals surface area contributed by atoms with Gasteiger partial charge in [0.25, 0.3) is 11.8 Å². The van der Waals surface area contributed by atoms with Gasteiger partial charge in [-0.05, 0) is 64.8 Å². The maximum absolute atomic E-state index is 13.1. The van der Waals surface area contributed by atoms with Crippen molar-refractivity contribution >= 4 is 58.5 Å². The van der Waals surface area contributed by atoms with Gasteiger partial charge in [-0.3, -0.25) is 24.6 Å². The first kappa shape index (κ1) is 22.4. The van der Waals surface area contributed by atoms with E-state index < -0.39 is 17.8 Å². The molecule has 1 fully saturated rings. The van der Waals surface area contributed by atoms with E-state index in [1.165, 1.54) is 11.0 Å². The lowest BCUT2D eigenvalue weighted by molar-refractivity contribution is -0.136. The maximum Gasteiger partial charge on any atom is 0.307 e. The van der Waals surface area contributed by atoms with Crippen molar-refractivity contribution in [3.63, 3.8) is 0 Å². The number of carboxylic acid groups (broad SMARTS) is 1. The Morgan fingerprint density at radius 2 is 1.70 bits per heavy atom. The minimum atomic E-state index is -0.892. The summed E-state index contributed by atoms with van der Waals surface area (Å²) in [5.74, 6) is -1.99. The van der Waals surface area contributed by atoms with Crippen LogP contribution < -0.4 is 10.2 Å². The molecular formula is C25H17ClN2O4S. The lowest BCUT2D eigenvalue weighted by atomic mass is 9.99. The van der Waals surface area contributed by atoms with E-state index in [0.717, 1.165) is 11.1 Å². The number of amides is 2. The molecule has 0 aliphatic carbocycles. The number of carboxylic acids is 1. The van der Waals surface area contributed by atoms with Crippen molar-refractivity contribution in [3.8, 4) is 11.1 Å². The number of thiocarbonyl (C=S) groups is 1. The minimum absolute atomic E-state index is 0.000984. The van der Waals surface area contributed by atoms with E-state index in [9.17, 15) is 14.4 Å². The fraction of sp³-hybridized carbons (Fsp3) is 0.0400. The molecule has 33 heavy (non-hydrogen) atoms. The number of nitrogens with one attached hydrogen (secondary N) is 1. The van der Waals surface area contributed by atoms with Crippen LogP contribution in [0.2, 0.25) is 5.02 Å². The number of carbonyl (C=O) groups excluding carboxylic acids is 2. The van der Waals surface area contributed by atoms with Gasteiger partial charge >= 0.3 is 5.97 Å². The third kappa shape index (κ3) is 5.00. The molecule has 0 bridgehead atoms. The third-order valence-corrected chi connectivity index (χ3v) is 5.56. The van der Waals surface area contributed by atoms with Crippen LogP contribution in [0, 0.1) is 0 Å². The number of aliphatic carboxylic acids is 1. The van der Waals surface area contributed by atoms with Crippen LogP contribution in [-0.4, -0.2) is 28.0 Å². The number of anilines is 1. The van der Waals surface area contributed by atoms with E-state index in [4.69, 9.17) is 28.9 Å². The highest BCUT2D eigenvalue weighted by molar-refractivity contribution is 7.80. The van der Waals surface area contributed by atoms with Gasteiger partial charge in [-0.15, -0.1) is 0 Å². The summed E-state index contributed by atoms with van der Waals surface area (Å²) in [5, 5.41) is 12.1. The Bertz CT molecular complexity index is 1300. The molecule has 6 nitrogen and oxygen atoms in total. The van der Waals surface area contributed by atoms with E-state index in [0.29, 0.717) is 21.8 Å². The van der Waals surface area contributed by atoms with Gasteiger partial charge in [0.15, 0.2) is 5.11 Å². The van der Waals surface area contributed by atoms with Crippen LogP contribution in [-0.2, 0) is 20.8 Å². The molecule has 3 aromatic rings. The summed E-state index contributed by atoms with van der Waals surface area (Å²) in [6, 6.07) is 21.1. The molecule has 2 amide bonds. The normalized spacial score (nSPS) is 15.0. The van der Waals surface area contributed by atoms with Crippen LogP contribution in [0.1, 0.15) is 11.1 Å². The second kappa shape index (κ2) is 9.36. The molecule has 0 unspecified atom stereocenters. The molecule has 1 saturated heterocycles. The number of benzene rings is 3. The number of rotatable bonds is 5. The van der Waals surface area contributed by atoms with Gasteiger partial charge in [-0.2, -0.15) is 0 Å². The largest absolute Gasteiger partial charge is 0.481 e. The fourth-order valence-electron chi connectivity index (χ4n) is 3.46. The zero-order valence-corrected chi connectivity index (χ0v) is 18.7. The highest BCUT2D eigenvalue weighted by atomic mass is 35.5. The van der Waals surface area contributed by atoms with Crippen molar-refractivity contribution in [1.29, 1.82) is 0 Å². The van der Waals surface area contributed by atoms with Crippen molar-refractivity contribution in [2.45, 2.75) is 6.42 Å². The highest BCUT2D eigenvalue weighted by Crippen LogP contribution is 2.25. The van der Waals surface area contributed by atoms with E-state index in [-0.39, 0.29) is 17.1 Å². The van der Waals surface area contributed by atoms with Crippen molar-refractivity contribution in [1.82, 2.24) is 5.32 Å². The molecular weight excluding hydrogens is 460 g/mol. The van der Waals surface area contributed by atoms with Gasteiger partial charge in [-0.1, -0.05) is 60.1 Å². The monoisotopic (exact) mass is 476 g/mol. The molecule has 8 heteroatoms. The predicted molar refractivity (Wildman–Crippen MR) is 131 cm³/mol. The molecule has 3 aromatic carbocycles. The molecule has 164 valence electrons. The van der Waals surface area contributed by atoms with Gasteiger partial charge in [0.05, 0.1) is 12.1 Å². The van der Waals surface area contributed by atoms with Crippen LogP contribution in [0.5, 0.6) is 0 Å². The smallest absolute Gasteiger partial charge is 0.307 e. The van der Waals surface area contributed by atoms with E-state index in [1.54, 1.807) is 42.5 Å². The van der Waals surface area contributed by atoms with Gasteiger partial charge in [0.2, 0.25) is 0 Å². The highest BCUT2D eigenvalue weighted by Gasteiger charge is 2.34. The molecule has 1 heterocycles. The molecule has 1 aliphatic heterocycles. The molecule has 4 rings (SSSR count). The lowest BCUT2D eigenvalue weighted by Gasteiger charge is -2.28. The van der Waals surface area contributed by atoms with Crippen LogP contribution in [0.25, 0.3) is 17.2 Å². The number of carbonyl (C=O) groups is 3. The van der Waals surface area contributed by atoms with Gasteiger partial charge in [0, 0.05) is 5.02 Å². The van der Waals surface area contributed by atoms with Crippen molar-refractivity contribution in [2.75, 3.05) is 4.90 Å². The number of hydrogen-bond donors (Lipinski definition) is 2. The van der Waals surface area contributed by atoms with Crippen LogP contribution in [0.15, 0.2) is 78.4 Å². The van der Waals surface area contributed by atoms with Crippen LogP contribution in [0.3, 0.4) is 0 Å². The molecule has 1 aliphatic rings. The average molecular weight is 477 g/mol.